The normalized spacial score (nSPS) is 18.5. The molecule has 2 aromatic carbocycles. The number of allylic oxidation sites excluding steroid dienone is 2. The zero-order valence-corrected chi connectivity index (χ0v) is 20.7. The van der Waals surface area contributed by atoms with E-state index in [4.69, 9.17) is 0 Å². The van der Waals surface area contributed by atoms with Gasteiger partial charge in [-0.1, -0.05) is 51.5 Å². The van der Waals surface area contributed by atoms with Crippen molar-refractivity contribution in [1.82, 2.24) is 10.3 Å². The molecule has 1 N–H and O–H groups in total. The summed E-state index contributed by atoms with van der Waals surface area (Å²) in [6.07, 6.45) is 6.50. The minimum Gasteiger partial charge on any atom is -0.388 e. The van der Waals surface area contributed by atoms with Crippen molar-refractivity contribution in [3.8, 4) is 11.1 Å². The Morgan fingerprint density at radius 3 is 2.49 bits per heavy atom. The first-order valence-electron chi connectivity index (χ1n) is 12.6. The lowest BCUT2D eigenvalue weighted by Gasteiger charge is -2.16. The van der Waals surface area contributed by atoms with Gasteiger partial charge in [0.25, 0.3) is 0 Å². The van der Waals surface area contributed by atoms with Crippen LogP contribution in [-0.4, -0.2) is 12.0 Å². The van der Waals surface area contributed by atoms with Crippen LogP contribution in [-0.2, 0) is 12.8 Å². The summed E-state index contributed by atoms with van der Waals surface area (Å²) in [5, 5.41) is 3.22. The summed E-state index contributed by atoms with van der Waals surface area (Å²) in [7, 11) is 1.87. The third-order valence-electron chi connectivity index (χ3n) is 7.61. The Kier molecular flexibility index (Phi) is 6.31. The minimum atomic E-state index is -0.337. The van der Waals surface area contributed by atoms with Gasteiger partial charge in [-0.2, -0.15) is 4.39 Å². The molecule has 1 heterocycles. The van der Waals surface area contributed by atoms with Crippen molar-refractivity contribution < 1.29 is 8.78 Å². The number of halogens is 2. The monoisotopic (exact) mass is 470 g/mol. The van der Waals surface area contributed by atoms with Gasteiger partial charge in [-0.3, -0.25) is 0 Å². The van der Waals surface area contributed by atoms with Gasteiger partial charge in [-0.25, -0.2) is 9.37 Å². The van der Waals surface area contributed by atoms with E-state index in [2.05, 4.69) is 42.9 Å². The van der Waals surface area contributed by atoms with E-state index in [-0.39, 0.29) is 17.7 Å². The van der Waals surface area contributed by atoms with Gasteiger partial charge >= 0.3 is 0 Å². The molecule has 1 aromatic heterocycles. The smallest absolute Gasteiger partial charge is 0.216 e. The van der Waals surface area contributed by atoms with E-state index in [1.54, 1.807) is 6.20 Å². The van der Waals surface area contributed by atoms with E-state index in [1.165, 1.54) is 23.3 Å². The van der Waals surface area contributed by atoms with Crippen molar-refractivity contribution >= 4 is 11.1 Å². The first-order valence-corrected chi connectivity index (χ1v) is 12.6. The average Bonchev–Trinajstić information content (AvgIpc) is 3.56. The number of nitrogens with zero attached hydrogens (tertiary/aromatic N) is 1. The van der Waals surface area contributed by atoms with Crippen molar-refractivity contribution in [2.45, 2.75) is 51.9 Å². The molecule has 0 spiro atoms. The lowest BCUT2D eigenvalue weighted by Crippen LogP contribution is -2.07. The van der Waals surface area contributed by atoms with Crippen molar-refractivity contribution in [2.24, 2.45) is 5.92 Å². The van der Waals surface area contributed by atoms with Crippen LogP contribution in [0.25, 0.3) is 22.3 Å². The Bertz CT molecular complexity index is 1320. The number of nitrogens with one attached hydrogen (secondary N) is 1. The Hall–Kier alpha value is -3.27. The number of hydrogen-bond acceptors (Lipinski definition) is 2. The molecule has 2 atom stereocenters. The van der Waals surface area contributed by atoms with E-state index in [0.717, 1.165) is 76.8 Å². The van der Waals surface area contributed by atoms with Crippen molar-refractivity contribution in [3.05, 3.63) is 101 Å². The Labute approximate surface area is 206 Å². The number of likely N-dealkylation sites (N-methyl/N-ethyl adjacent to an activating group) is 1. The topological polar surface area (TPSA) is 24.9 Å². The molecule has 35 heavy (non-hydrogen) atoms. The second kappa shape index (κ2) is 9.41. The number of benzene rings is 2. The highest BCUT2D eigenvalue weighted by Crippen LogP contribution is 2.51. The Morgan fingerprint density at radius 2 is 1.83 bits per heavy atom. The summed E-state index contributed by atoms with van der Waals surface area (Å²) in [4.78, 5) is 4.18. The summed E-state index contributed by atoms with van der Waals surface area (Å²) < 4.78 is 28.3. The number of rotatable bonds is 8. The van der Waals surface area contributed by atoms with E-state index < -0.39 is 0 Å². The molecule has 1 fully saturated rings. The fourth-order valence-electron chi connectivity index (χ4n) is 5.58. The molecule has 0 radical (unpaired) electrons. The first-order chi connectivity index (χ1) is 16.9. The highest BCUT2D eigenvalue weighted by atomic mass is 19.1. The second-order valence-corrected chi connectivity index (χ2v) is 9.80. The molecule has 0 saturated heterocycles. The molecule has 4 heteroatoms. The van der Waals surface area contributed by atoms with Gasteiger partial charge in [-0.05, 0) is 88.8 Å². The molecule has 0 bridgehead atoms. The number of aryl methyl sites for hydroxylation is 1. The van der Waals surface area contributed by atoms with Crippen LogP contribution in [0.3, 0.4) is 0 Å². The largest absolute Gasteiger partial charge is 0.388 e. The zero-order valence-electron chi connectivity index (χ0n) is 20.7. The highest BCUT2D eigenvalue weighted by molar-refractivity contribution is 6.04. The van der Waals surface area contributed by atoms with Gasteiger partial charge in [0, 0.05) is 35.6 Å². The van der Waals surface area contributed by atoms with Crippen LogP contribution in [0.15, 0.2) is 60.9 Å². The third kappa shape index (κ3) is 4.31. The van der Waals surface area contributed by atoms with Crippen molar-refractivity contribution in [2.75, 3.05) is 7.05 Å². The number of fused-ring (bicyclic) bond motifs is 1. The van der Waals surface area contributed by atoms with Crippen molar-refractivity contribution in [1.29, 1.82) is 0 Å². The molecule has 2 nitrogen and oxygen atoms in total. The van der Waals surface area contributed by atoms with Gasteiger partial charge in [-0.15, -0.1) is 0 Å². The fourth-order valence-corrected chi connectivity index (χ4v) is 5.58. The number of aromatic nitrogens is 1. The predicted octanol–water partition coefficient (Wildman–Crippen LogP) is 7.69. The lowest BCUT2D eigenvalue weighted by atomic mass is 9.90. The molecule has 2 aliphatic carbocycles. The van der Waals surface area contributed by atoms with Gasteiger partial charge in [0.15, 0.2) is 0 Å². The first kappa shape index (κ1) is 23.5. The van der Waals surface area contributed by atoms with Crippen LogP contribution in [0, 0.1) is 17.7 Å². The zero-order chi connectivity index (χ0) is 24.7. The average molecular weight is 471 g/mol. The quantitative estimate of drug-likeness (QED) is 0.341. The Morgan fingerprint density at radius 1 is 1.06 bits per heavy atom. The molecule has 0 aliphatic heterocycles. The van der Waals surface area contributed by atoms with E-state index >= 15 is 0 Å². The molecular weight excluding hydrogens is 438 g/mol. The summed E-state index contributed by atoms with van der Waals surface area (Å²) in [5.74, 6) is 0.257. The summed E-state index contributed by atoms with van der Waals surface area (Å²) in [6, 6.07) is 13.2. The molecule has 2 aliphatic rings. The maximum Gasteiger partial charge on any atom is 0.216 e. The van der Waals surface area contributed by atoms with Crippen LogP contribution >= 0.6 is 0 Å². The maximum absolute atomic E-state index is 14.7. The van der Waals surface area contributed by atoms with E-state index in [0.29, 0.717) is 5.92 Å². The standard InChI is InChI=1S/C31H32F2N2/c1-5-7-21-12-22-14-27(20-8-10-24(32)11-9-20)30(18(3)34-4)28(22)16-25(21)23-15-29(31(33)35-17-23)26-13-19(26)6-2/h8-12,15-17,19,26,34H,3,5-7,13-14H2,1-2,4H3. The Balaban J connectivity index is 1.65. The molecule has 180 valence electrons. The van der Waals surface area contributed by atoms with Crippen molar-refractivity contribution in [3.63, 3.8) is 0 Å². The molecule has 3 aromatic rings. The summed E-state index contributed by atoms with van der Waals surface area (Å²) in [5.41, 5.74) is 10.5. The van der Waals surface area contributed by atoms with Gasteiger partial charge < -0.3 is 5.32 Å². The van der Waals surface area contributed by atoms with Crippen LogP contribution < -0.4 is 5.32 Å². The van der Waals surface area contributed by atoms with Gasteiger partial charge in [0.2, 0.25) is 5.95 Å². The second-order valence-electron chi connectivity index (χ2n) is 9.80. The van der Waals surface area contributed by atoms with Crippen LogP contribution in [0.5, 0.6) is 0 Å². The van der Waals surface area contributed by atoms with Crippen LogP contribution in [0.1, 0.15) is 66.8 Å². The molecule has 1 saturated carbocycles. The predicted molar refractivity (Wildman–Crippen MR) is 140 cm³/mol. The fraction of sp³-hybridized carbons (Fsp3) is 0.323. The SMILES string of the molecule is C=C(NC)C1=C(c2ccc(F)cc2)Cc2cc(CCC)c(-c3cnc(F)c(C4CC4CC)c3)cc21. The molecule has 5 rings (SSSR count). The van der Waals surface area contributed by atoms with Crippen LogP contribution in [0.2, 0.25) is 0 Å². The summed E-state index contributed by atoms with van der Waals surface area (Å²) in [6.45, 7) is 8.62. The lowest BCUT2D eigenvalue weighted by molar-refractivity contribution is 0.563. The third-order valence-corrected chi connectivity index (χ3v) is 7.61. The van der Waals surface area contributed by atoms with E-state index in [9.17, 15) is 8.78 Å². The van der Waals surface area contributed by atoms with E-state index in [1.807, 2.05) is 25.2 Å². The number of pyridine rings is 1. The van der Waals surface area contributed by atoms with Gasteiger partial charge in [0.1, 0.15) is 5.82 Å². The highest BCUT2D eigenvalue weighted by Gasteiger charge is 2.39. The molecule has 2 unspecified atom stereocenters. The minimum absolute atomic E-state index is 0.244. The number of hydrogen-bond donors (Lipinski definition) is 1. The molecular formula is C31H32F2N2. The summed E-state index contributed by atoms with van der Waals surface area (Å²) >= 11 is 0. The van der Waals surface area contributed by atoms with Gasteiger partial charge in [0.05, 0.1) is 0 Å². The molecule has 0 amide bonds. The van der Waals surface area contributed by atoms with Crippen LogP contribution in [0.4, 0.5) is 8.78 Å². The maximum atomic E-state index is 14.7.